The van der Waals surface area contributed by atoms with Gasteiger partial charge >= 0.3 is 0 Å². The monoisotopic (exact) mass is 480 g/mol. The quantitative estimate of drug-likeness (QED) is 0.462. The van der Waals surface area contributed by atoms with E-state index in [9.17, 15) is 0 Å². The van der Waals surface area contributed by atoms with Gasteiger partial charge in [0.2, 0.25) is 0 Å². The Morgan fingerprint density at radius 3 is 0.400 bits per heavy atom. The Bertz CT molecular complexity index is 4.85. The molecule has 0 bridgehead atoms. The van der Waals surface area contributed by atoms with E-state index in [-0.39, 0.29) is 80.1 Å². The van der Waals surface area contributed by atoms with E-state index in [2.05, 4.69) is 0 Å². The molecule has 40 valence electrons. The largest absolute Gasteiger partial charge is 2.00 e. The van der Waals surface area contributed by atoms with Gasteiger partial charge in [0, 0.05) is 39.6 Å². The van der Waals surface area contributed by atoms with E-state index >= 15 is 0 Å². The minimum atomic E-state index is 0. The van der Waals surface area contributed by atoms with Crippen LogP contribution in [0.15, 0.2) is 0 Å². The Balaban J connectivity index is 0. The minimum Gasteiger partial charge on any atom is -2.00 e. The number of hydrogen-bond donors (Lipinski definition) is 0. The molecule has 0 atom stereocenters. The van der Waals surface area contributed by atoms with Crippen molar-refractivity contribution in [2.24, 2.45) is 0 Å². The second kappa shape index (κ2) is 33.2. The smallest absolute Gasteiger partial charge is 0 e. The first-order valence-corrected chi connectivity index (χ1v) is 0. The summed E-state index contributed by atoms with van der Waals surface area (Å²) in [5.74, 6) is 0. The van der Waals surface area contributed by atoms with E-state index in [1.165, 1.54) is 0 Å². The molecule has 0 unspecified atom stereocenters. The molecule has 5 heteroatoms. The summed E-state index contributed by atoms with van der Waals surface area (Å²) in [6.45, 7) is 0. The van der Waals surface area contributed by atoms with Crippen LogP contribution in [0.3, 0.4) is 0 Å². The van der Waals surface area contributed by atoms with Gasteiger partial charge in [0.25, 0.3) is 0 Å². The van der Waals surface area contributed by atoms with Crippen LogP contribution < -0.4 is 0 Å². The molecule has 0 rings (SSSR count). The molecule has 0 aromatic rings. The fourth-order valence-corrected chi connectivity index (χ4v) is 0. The molecule has 0 N–H and O–H groups in total. The maximum absolute atomic E-state index is 0. The Labute approximate surface area is 79.3 Å². The molecule has 0 aromatic carbocycles. The Morgan fingerprint density at radius 1 is 0.400 bits per heavy atom. The van der Waals surface area contributed by atoms with Crippen LogP contribution in [-0.2, 0) is 80.1 Å². The summed E-state index contributed by atoms with van der Waals surface area (Å²) in [6.07, 6.45) is 0. The SMILES string of the molecule is [Os].[Os].[S-2].[S-2].[S-2]. The molecule has 5 heavy (non-hydrogen) atoms. The molecule has 0 aromatic heterocycles. The molecular formula is Os2S3-6. The maximum atomic E-state index is 0. The van der Waals surface area contributed by atoms with Crippen LogP contribution in [0.1, 0.15) is 0 Å². The van der Waals surface area contributed by atoms with Gasteiger partial charge in [-0.25, -0.2) is 0 Å². The summed E-state index contributed by atoms with van der Waals surface area (Å²) in [5.41, 5.74) is 0. The zero-order valence-electron chi connectivity index (χ0n) is 1.93. The molecular weight excluding hydrogens is 477 g/mol. The Hall–Kier alpha value is 2.32. The predicted octanol–water partition coefficient (Wildman–Crippen LogP) is -0.0122. The zero-order chi connectivity index (χ0) is 0. The first kappa shape index (κ1) is 54.3. The van der Waals surface area contributed by atoms with Crippen LogP contribution in [-0.4, -0.2) is 0 Å². The van der Waals surface area contributed by atoms with Crippen molar-refractivity contribution in [1.29, 1.82) is 0 Å². The number of rotatable bonds is 0. The van der Waals surface area contributed by atoms with E-state index in [4.69, 9.17) is 0 Å². The van der Waals surface area contributed by atoms with E-state index in [0.29, 0.717) is 0 Å². The summed E-state index contributed by atoms with van der Waals surface area (Å²) >= 11 is 0. The molecule has 0 nitrogen and oxygen atoms in total. The third-order valence-corrected chi connectivity index (χ3v) is 0. The summed E-state index contributed by atoms with van der Waals surface area (Å²) in [4.78, 5) is 0. The van der Waals surface area contributed by atoms with Crippen molar-refractivity contribution < 1.29 is 39.6 Å². The molecule has 0 aliphatic carbocycles. The van der Waals surface area contributed by atoms with Crippen molar-refractivity contribution in [2.75, 3.05) is 0 Å². The molecule has 0 aliphatic rings. The minimum absolute atomic E-state index is 0. The van der Waals surface area contributed by atoms with Crippen molar-refractivity contribution in [2.45, 2.75) is 0 Å². The van der Waals surface area contributed by atoms with Crippen LogP contribution in [0.2, 0.25) is 0 Å². The van der Waals surface area contributed by atoms with Crippen LogP contribution in [0.5, 0.6) is 0 Å². The van der Waals surface area contributed by atoms with Gasteiger partial charge in [-0.3, -0.25) is 0 Å². The van der Waals surface area contributed by atoms with Crippen molar-refractivity contribution in [3.8, 4) is 0 Å². The van der Waals surface area contributed by atoms with E-state index in [0.717, 1.165) is 0 Å². The zero-order valence-corrected chi connectivity index (χ0v) is 9.46. The van der Waals surface area contributed by atoms with Gasteiger partial charge in [0.1, 0.15) is 0 Å². The van der Waals surface area contributed by atoms with Gasteiger partial charge in [-0.1, -0.05) is 0 Å². The molecule has 0 saturated heterocycles. The van der Waals surface area contributed by atoms with E-state index < -0.39 is 0 Å². The van der Waals surface area contributed by atoms with Gasteiger partial charge in [-0.2, -0.15) is 0 Å². The van der Waals surface area contributed by atoms with Crippen LogP contribution in [0.25, 0.3) is 0 Å². The van der Waals surface area contributed by atoms with Crippen LogP contribution in [0.4, 0.5) is 0 Å². The van der Waals surface area contributed by atoms with Crippen LogP contribution >= 0.6 is 0 Å². The molecule has 0 heterocycles. The van der Waals surface area contributed by atoms with E-state index in [1.807, 2.05) is 0 Å². The summed E-state index contributed by atoms with van der Waals surface area (Å²) in [5, 5.41) is 0. The third kappa shape index (κ3) is 21.9. The first-order chi connectivity index (χ1) is 0. The second-order valence-corrected chi connectivity index (χ2v) is 0. The van der Waals surface area contributed by atoms with Gasteiger partial charge in [0.15, 0.2) is 0 Å². The summed E-state index contributed by atoms with van der Waals surface area (Å²) < 4.78 is 0. The molecule has 0 spiro atoms. The molecule has 0 radical (unpaired) electrons. The fourth-order valence-electron chi connectivity index (χ4n) is 0. The molecule has 0 aliphatic heterocycles. The summed E-state index contributed by atoms with van der Waals surface area (Å²) in [6, 6.07) is 0. The maximum Gasteiger partial charge on any atom is 0 e. The summed E-state index contributed by atoms with van der Waals surface area (Å²) in [7, 11) is 0. The average Bonchev–Trinajstić information content (AvgIpc) is 0. The van der Waals surface area contributed by atoms with Crippen molar-refractivity contribution in [1.82, 2.24) is 0 Å². The first-order valence-electron chi connectivity index (χ1n) is 0. The van der Waals surface area contributed by atoms with Gasteiger partial charge in [-0.05, 0) is 0 Å². The second-order valence-electron chi connectivity index (χ2n) is 0. The Kier molecular flexibility index (Phi) is 360. The van der Waals surface area contributed by atoms with E-state index in [1.54, 1.807) is 0 Å². The van der Waals surface area contributed by atoms with Crippen LogP contribution in [0, 0.1) is 0 Å². The molecule has 0 saturated carbocycles. The standard InChI is InChI=1S/2Os.3S/q;;3*-2. The Morgan fingerprint density at radius 2 is 0.400 bits per heavy atom. The fraction of sp³-hybridized carbons (Fsp3) is 0. The van der Waals surface area contributed by atoms with Gasteiger partial charge in [-0.15, -0.1) is 0 Å². The van der Waals surface area contributed by atoms with Crippen molar-refractivity contribution >= 4 is 40.5 Å². The average molecular weight is 477 g/mol. The van der Waals surface area contributed by atoms with Crippen molar-refractivity contribution in [3.05, 3.63) is 0 Å². The number of hydrogen-bond acceptors (Lipinski definition) is 0. The van der Waals surface area contributed by atoms with Gasteiger partial charge in [0.05, 0.1) is 0 Å². The normalized spacial score (nSPS) is 0. The predicted molar refractivity (Wildman–Crippen MR) is 22.1 cm³/mol. The van der Waals surface area contributed by atoms with Gasteiger partial charge < -0.3 is 40.5 Å². The topological polar surface area (TPSA) is 0 Å². The molecule has 0 fully saturated rings. The molecule has 0 amide bonds. The van der Waals surface area contributed by atoms with Crippen molar-refractivity contribution in [3.63, 3.8) is 0 Å². The third-order valence-electron chi connectivity index (χ3n) is 0.